The molecule has 0 radical (unpaired) electrons. The van der Waals surface area contributed by atoms with Crippen LogP contribution in [0.3, 0.4) is 0 Å². The summed E-state index contributed by atoms with van der Waals surface area (Å²) in [6, 6.07) is 9.40. The highest BCUT2D eigenvalue weighted by Gasteiger charge is 2.32. The minimum atomic E-state index is -0.559. The number of ketones is 1. The molecule has 112 valence electrons. The molecule has 0 saturated carbocycles. The lowest BCUT2D eigenvalue weighted by molar-refractivity contribution is -0.156. The molecule has 1 saturated heterocycles. The molecule has 1 aliphatic heterocycles. The van der Waals surface area contributed by atoms with Gasteiger partial charge < -0.3 is 9.80 Å². The summed E-state index contributed by atoms with van der Waals surface area (Å²) in [5.74, 6) is -1.10. The number of carbonyl (C=O) groups is 3. The lowest BCUT2D eigenvalue weighted by atomic mass is 10.1. The second kappa shape index (κ2) is 7.02. The zero-order valence-electron chi connectivity index (χ0n) is 12.2. The smallest absolute Gasteiger partial charge is 0.312 e. The van der Waals surface area contributed by atoms with Gasteiger partial charge in [-0.15, -0.1) is 0 Å². The number of amides is 2. The van der Waals surface area contributed by atoms with Crippen LogP contribution in [0, 0.1) is 0 Å². The lowest BCUT2D eigenvalue weighted by Gasteiger charge is -2.33. The first kappa shape index (κ1) is 15.2. The van der Waals surface area contributed by atoms with Gasteiger partial charge in [0.25, 0.3) is 0 Å². The minimum absolute atomic E-state index is 0.0133. The molecule has 0 N–H and O–H groups in total. The second-order valence-electron chi connectivity index (χ2n) is 5.22. The Morgan fingerprint density at radius 3 is 2.33 bits per heavy atom. The van der Waals surface area contributed by atoms with Gasteiger partial charge in [-0.1, -0.05) is 37.3 Å². The molecule has 0 atom stereocenters. The van der Waals surface area contributed by atoms with Crippen LogP contribution in [0.15, 0.2) is 30.3 Å². The van der Waals surface area contributed by atoms with Crippen LogP contribution in [0.2, 0.25) is 0 Å². The van der Waals surface area contributed by atoms with Crippen molar-refractivity contribution < 1.29 is 14.4 Å². The first-order chi connectivity index (χ1) is 10.1. The highest BCUT2D eigenvalue weighted by molar-refractivity contribution is 6.35. The lowest BCUT2D eigenvalue weighted by Crippen LogP contribution is -2.55. The number of piperazine rings is 1. The van der Waals surface area contributed by atoms with Crippen LogP contribution in [-0.4, -0.2) is 53.6 Å². The molecule has 1 fully saturated rings. The monoisotopic (exact) mass is 288 g/mol. The number of nitrogens with zero attached hydrogens (tertiary/aromatic N) is 2. The van der Waals surface area contributed by atoms with E-state index in [2.05, 4.69) is 0 Å². The number of Topliss-reactive ketones (excluding diaryl/α,β-unsaturated/α-hetero) is 1. The van der Waals surface area contributed by atoms with Crippen LogP contribution in [0.4, 0.5) is 0 Å². The number of hydrogen-bond acceptors (Lipinski definition) is 3. The van der Waals surface area contributed by atoms with Crippen molar-refractivity contribution in [2.24, 2.45) is 0 Å². The molecule has 1 heterocycles. The third kappa shape index (κ3) is 3.90. The molecule has 0 bridgehead atoms. The van der Waals surface area contributed by atoms with Gasteiger partial charge in [0.2, 0.25) is 0 Å². The van der Waals surface area contributed by atoms with E-state index in [0.29, 0.717) is 19.6 Å². The maximum atomic E-state index is 12.0. The molecule has 0 spiro atoms. The maximum absolute atomic E-state index is 12.0. The van der Waals surface area contributed by atoms with E-state index in [0.717, 1.165) is 12.0 Å². The van der Waals surface area contributed by atoms with E-state index >= 15 is 0 Å². The molecular weight excluding hydrogens is 268 g/mol. The standard InChI is InChI=1S/C16H20N2O3/c1-2-8-17-9-10-18(16(21)15(17)20)12-14(19)11-13-6-4-3-5-7-13/h3-7H,2,8-12H2,1H3. The molecule has 2 rings (SSSR count). The topological polar surface area (TPSA) is 57.7 Å². The van der Waals surface area contributed by atoms with E-state index in [1.807, 2.05) is 37.3 Å². The molecule has 5 nitrogen and oxygen atoms in total. The van der Waals surface area contributed by atoms with E-state index < -0.39 is 11.8 Å². The normalized spacial score (nSPS) is 15.5. The largest absolute Gasteiger partial charge is 0.333 e. The summed E-state index contributed by atoms with van der Waals surface area (Å²) in [4.78, 5) is 38.8. The highest BCUT2D eigenvalue weighted by Crippen LogP contribution is 2.07. The summed E-state index contributed by atoms with van der Waals surface area (Å²) >= 11 is 0. The Morgan fingerprint density at radius 1 is 1.05 bits per heavy atom. The summed E-state index contributed by atoms with van der Waals surface area (Å²) in [7, 11) is 0. The summed E-state index contributed by atoms with van der Waals surface area (Å²) < 4.78 is 0. The van der Waals surface area contributed by atoms with Gasteiger partial charge in [-0.25, -0.2) is 0 Å². The van der Waals surface area contributed by atoms with Crippen molar-refractivity contribution in [2.45, 2.75) is 19.8 Å². The molecular formula is C16H20N2O3. The SMILES string of the molecule is CCCN1CCN(CC(=O)Cc2ccccc2)C(=O)C1=O. The molecule has 0 aliphatic carbocycles. The van der Waals surface area contributed by atoms with E-state index in [9.17, 15) is 14.4 Å². The van der Waals surface area contributed by atoms with Crippen molar-refractivity contribution in [1.82, 2.24) is 9.80 Å². The third-order valence-electron chi connectivity index (χ3n) is 3.50. The molecule has 1 aliphatic rings. The first-order valence-electron chi connectivity index (χ1n) is 7.25. The summed E-state index contributed by atoms with van der Waals surface area (Å²) in [5, 5.41) is 0. The van der Waals surface area contributed by atoms with Gasteiger partial charge in [-0.05, 0) is 12.0 Å². The van der Waals surface area contributed by atoms with Crippen LogP contribution in [0.25, 0.3) is 0 Å². The van der Waals surface area contributed by atoms with Crippen molar-refractivity contribution >= 4 is 17.6 Å². The second-order valence-corrected chi connectivity index (χ2v) is 5.22. The van der Waals surface area contributed by atoms with Gasteiger partial charge in [0.05, 0.1) is 6.54 Å². The van der Waals surface area contributed by atoms with Crippen molar-refractivity contribution in [1.29, 1.82) is 0 Å². The number of hydrogen-bond donors (Lipinski definition) is 0. The van der Waals surface area contributed by atoms with Gasteiger partial charge in [-0.2, -0.15) is 0 Å². The summed E-state index contributed by atoms with van der Waals surface area (Å²) in [6.07, 6.45) is 1.11. The Morgan fingerprint density at radius 2 is 1.67 bits per heavy atom. The zero-order chi connectivity index (χ0) is 15.2. The number of carbonyl (C=O) groups excluding carboxylic acids is 3. The Hall–Kier alpha value is -2.17. The molecule has 21 heavy (non-hydrogen) atoms. The van der Waals surface area contributed by atoms with E-state index in [1.165, 1.54) is 4.90 Å². The molecule has 0 aromatic heterocycles. The molecule has 1 aromatic carbocycles. The van der Waals surface area contributed by atoms with Crippen LogP contribution in [0.1, 0.15) is 18.9 Å². The Kier molecular flexibility index (Phi) is 5.09. The first-order valence-corrected chi connectivity index (χ1v) is 7.25. The Balaban J connectivity index is 1.90. The van der Waals surface area contributed by atoms with Crippen LogP contribution < -0.4 is 0 Å². The van der Waals surface area contributed by atoms with Crippen molar-refractivity contribution in [3.8, 4) is 0 Å². The Labute approximate surface area is 124 Å². The predicted octanol–water partition coefficient (Wildman–Crippen LogP) is 0.879. The van der Waals surface area contributed by atoms with Crippen molar-refractivity contribution in [2.75, 3.05) is 26.2 Å². The Bertz CT molecular complexity index is 528. The van der Waals surface area contributed by atoms with Gasteiger partial charge in [0.15, 0.2) is 5.78 Å². The van der Waals surface area contributed by atoms with E-state index in [1.54, 1.807) is 4.90 Å². The molecule has 5 heteroatoms. The fraction of sp³-hybridized carbons (Fsp3) is 0.438. The average molecular weight is 288 g/mol. The molecule has 2 amide bonds. The molecule has 1 aromatic rings. The minimum Gasteiger partial charge on any atom is -0.333 e. The van der Waals surface area contributed by atoms with E-state index in [-0.39, 0.29) is 18.7 Å². The zero-order valence-corrected chi connectivity index (χ0v) is 12.2. The van der Waals surface area contributed by atoms with Crippen LogP contribution >= 0.6 is 0 Å². The van der Waals surface area contributed by atoms with Crippen molar-refractivity contribution in [3.05, 3.63) is 35.9 Å². The third-order valence-corrected chi connectivity index (χ3v) is 3.50. The summed E-state index contributed by atoms with van der Waals surface area (Å²) in [6.45, 7) is 3.52. The number of rotatable bonds is 6. The predicted molar refractivity (Wildman–Crippen MR) is 78.6 cm³/mol. The van der Waals surface area contributed by atoms with E-state index in [4.69, 9.17) is 0 Å². The van der Waals surface area contributed by atoms with Crippen molar-refractivity contribution in [3.63, 3.8) is 0 Å². The average Bonchev–Trinajstić information content (AvgIpc) is 2.48. The van der Waals surface area contributed by atoms with Gasteiger partial charge >= 0.3 is 11.8 Å². The van der Waals surface area contributed by atoms with Crippen LogP contribution in [-0.2, 0) is 20.8 Å². The summed E-state index contributed by atoms with van der Waals surface area (Å²) in [5.41, 5.74) is 0.922. The van der Waals surface area contributed by atoms with Gasteiger partial charge in [-0.3, -0.25) is 14.4 Å². The van der Waals surface area contributed by atoms with Gasteiger partial charge in [0, 0.05) is 26.1 Å². The fourth-order valence-electron chi connectivity index (χ4n) is 2.44. The van der Waals surface area contributed by atoms with Gasteiger partial charge in [0.1, 0.15) is 0 Å². The maximum Gasteiger partial charge on any atom is 0.312 e. The van der Waals surface area contributed by atoms with Crippen LogP contribution in [0.5, 0.6) is 0 Å². The molecule has 0 unspecified atom stereocenters. The quantitative estimate of drug-likeness (QED) is 0.730. The number of benzene rings is 1. The fourth-order valence-corrected chi connectivity index (χ4v) is 2.44. The highest BCUT2D eigenvalue weighted by atomic mass is 16.2.